The van der Waals surface area contributed by atoms with Crippen molar-refractivity contribution < 1.29 is 24.9 Å². The number of phenolic OH excluding ortho intramolecular Hbond substituents is 3. The van der Waals surface area contributed by atoms with Crippen molar-refractivity contribution >= 4 is 17.9 Å². The van der Waals surface area contributed by atoms with Gasteiger partial charge < -0.3 is 20.1 Å². The lowest BCUT2D eigenvalue weighted by Gasteiger charge is -2.07. The van der Waals surface area contributed by atoms with Crippen LogP contribution >= 0.6 is 0 Å². The molecule has 0 bridgehead atoms. The maximum atomic E-state index is 11.6. The number of ether oxygens (including phenoxy) is 1. The lowest BCUT2D eigenvalue weighted by Crippen LogP contribution is -2.04. The predicted octanol–water partition coefficient (Wildman–Crippen LogP) is 3.34. The Morgan fingerprint density at radius 3 is 2.58 bits per heavy atom. The third kappa shape index (κ3) is 4.49. The van der Waals surface area contributed by atoms with Crippen LogP contribution in [0.4, 0.5) is 5.69 Å². The third-order valence-corrected chi connectivity index (χ3v) is 3.42. The third-order valence-electron chi connectivity index (χ3n) is 3.42. The number of rotatable bonds is 6. The summed E-state index contributed by atoms with van der Waals surface area (Å²) in [6.45, 7) is 1.69. The Kier molecular flexibility index (Phi) is 5.78. The molecule has 0 aliphatic heterocycles. The van der Waals surface area contributed by atoms with Crippen molar-refractivity contribution in [3.63, 3.8) is 0 Å². The van der Waals surface area contributed by atoms with Gasteiger partial charge in [-0.25, -0.2) is 0 Å². The number of phenols is 3. The van der Waals surface area contributed by atoms with Crippen LogP contribution < -0.4 is 0 Å². The van der Waals surface area contributed by atoms with Crippen molar-refractivity contribution in [3.05, 3.63) is 47.5 Å². The van der Waals surface area contributed by atoms with Gasteiger partial charge in [-0.3, -0.25) is 9.79 Å². The van der Waals surface area contributed by atoms with Gasteiger partial charge in [-0.1, -0.05) is 30.3 Å². The number of hydrogen-bond acceptors (Lipinski definition) is 6. The van der Waals surface area contributed by atoms with Gasteiger partial charge in [0.2, 0.25) is 0 Å². The molecule has 0 amide bonds. The number of benzene rings is 2. The molecule has 0 aliphatic rings. The molecule has 2 aromatic carbocycles. The van der Waals surface area contributed by atoms with Crippen molar-refractivity contribution in [3.8, 4) is 17.2 Å². The first kappa shape index (κ1) is 17.3. The largest absolute Gasteiger partial charge is 0.505 e. The molecule has 0 atom stereocenters. The Labute approximate surface area is 139 Å². The van der Waals surface area contributed by atoms with Crippen molar-refractivity contribution in [2.45, 2.75) is 26.4 Å². The molecule has 24 heavy (non-hydrogen) atoms. The lowest BCUT2D eigenvalue weighted by atomic mass is 10.1. The summed E-state index contributed by atoms with van der Waals surface area (Å²) in [4.78, 5) is 15.6. The lowest BCUT2D eigenvalue weighted by molar-refractivity contribution is -0.144. The Hall–Kier alpha value is -3.02. The van der Waals surface area contributed by atoms with Crippen molar-refractivity contribution in [2.24, 2.45) is 4.99 Å². The Balaban J connectivity index is 1.83. The summed E-state index contributed by atoms with van der Waals surface area (Å²) in [5, 5.41) is 28.9. The average molecular weight is 329 g/mol. The maximum absolute atomic E-state index is 11.6. The molecule has 2 rings (SSSR count). The molecule has 0 aromatic heterocycles. The minimum Gasteiger partial charge on any atom is -0.505 e. The van der Waals surface area contributed by atoms with E-state index in [2.05, 4.69) is 4.99 Å². The van der Waals surface area contributed by atoms with E-state index in [0.29, 0.717) is 6.42 Å². The molecule has 126 valence electrons. The van der Waals surface area contributed by atoms with Crippen LogP contribution in [0, 0.1) is 6.92 Å². The summed E-state index contributed by atoms with van der Waals surface area (Å²) in [5.41, 5.74) is 1.18. The quantitative estimate of drug-likeness (QED) is 0.327. The minimum absolute atomic E-state index is 0.125. The van der Waals surface area contributed by atoms with Gasteiger partial charge in [0, 0.05) is 17.8 Å². The fraction of sp³-hybridized carbons (Fsp3) is 0.222. The number of aliphatic imine (C=N–C) groups is 1. The topological polar surface area (TPSA) is 99.4 Å². The number of carbonyl (C=O) groups is 1. The summed E-state index contributed by atoms with van der Waals surface area (Å²) < 4.78 is 5.13. The van der Waals surface area contributed by atoms with Crippen LogP contribution in [-0.4, -0.2) is 27.5 Å². The molecule has 0 saturated heterocycles. The molecule has 2 aromatic rings. The molecule has 0 unspecified atom stereocenters. The summed E-state index contributed by atoms with van der Waals surface area (Å²) in [5.74, 6) is -1.30. The summed E-state index contributed by atoms with van der Waals surface area (Å²) in [7, 11) is 0. The zero-order valence-corrected chi connectivity index (χ0v) is 13.3. The molecular formula is C18H19NO5. The zero-order valence-electron chi connectivity index (χ0n) is 13.3. The van der Waals surface area contributed by atoms with E-state index in [0.717, 1.165) is 11.6 Å². The average Bonchev–Trinajstić information content (AvgIpc) is 2.60. The smallest absolute Gasteiger partial charge is 0.306 e. The first-order chi connectivity index (χ1) is 11.5. The monoisotopic (exact) mass is 329 g/mol. The second-order valence-corrected chi connectivity index (χ2v) is 5.23. The number of carbonyl (C=O) groups excluding carboxylic acids is 1. The normalized spacial score (nSPS) is 10.9. The minimum atomic E-state index is -0.379. The van der Waals surface area contributed by atoms with E-state index in [1.807, 2.05) is 30.3 Å². The molecule has 0 spiro atoms. The fourth-order valence-corrected chi connectivity index (χ4v) is 2.02. The zero-order chi connectivity index (χ0) is 17.5. The van der Waals surface area contributed by atoms with Crippen molar-refractivity contribution in [1.82, 2.24) is 0 Å². The van der Waals surface area contributed by atoms with Crippen LogP contribution in [0.3, 0.4) is 0 Å². The van der Waals surface area contributed by atoms with Gasteiger partial charge in [-0.05, 0) is 18.9 Å². The van der Waals surface area contributed by atoms with E-state index < -0.39 is 0 Å². The molecule has 0 saturated carbocycles. The first-order valence-electron chi connectivity index (χ1n) is 7.45. The highest BCUT2D eigenvalue weighted by atomic mass is 16.5. The molecule has 0 heterocycles. The van der Waals surface area contributed by atoms with Crippen LogP contribution in [0.5, 0.6) is 17.2 Å². The van der Waals surface area contributed by atoms with Crippen LogP contribution in [0.15, 0.2) is 41.4 Å². The predicted molar refractivity (Wildman–Crippen MR) is 89.8 cm³/mol. The molecule has 6 nitrogen and oxygen atoms in total. The fourth-order valence-electron chi connectivity index (χ4n) is 2.02. The first-order valence-corrected chi connectivity index (χ1v) is 7.45. The van der Waals surface area contributed by atoms with Gasteiger partial charge in [0.15, 0.2) is 11.5 Å². The maximum Gasteiger partial charge on any atom is 0.306 e. The van der Waals surface area contributed by atoms with Gasteiger partial charge >= 0.3 is 5.97 Å². The standard InChI is InChI=1S/C18H19NO5/c1-12-17(22)14(10-15(20)18(12)23)19-9-5-8-16(21)24-11-13-6-3-2-4-7-13/h2-4,6-7,9-10,20,22-23H,5,8,11H2,1H3. The summed E-state index contributed by atoms with van der Waals surface area (Å²) >= 11 is 0. The second-order valence-electron chi connectivity index (χ2n) is 5.23. The molecule has 3 N–H and O–H groups in total. The van der Waals surface area contributed by atoms with E-state index in [-0.39, 0.29) is 47.5 Å². The number of esters is 1. The van der Waals surface area contributed by atoms with Gasteiger partial charge in [0.25, 0.3) is 0 Å². The SMILES string of the molecule is Cc1c(O)c(O)cc(N=CCCC(=O)OCc2ccccc2)c1O. The van der Waals surface area contributed by atoms with Crippen LogP contribution in [0.2, 0.25) is 0 Å². The van der Waals surface area contributed by atoms with Gasteiger partial charge in [0.05, 0.1) is 6.42 Å². The highest BCUT2D eigenvalue weighted by Crippen LogP contribution is 2.41. The van der Waals surface area contributed by atoms with Crippen LogP contribution in [-0.2, 0) is 16.1 Å². The Bertz CT molecular complexity index is 741. The molecular weight excluding hydrogens is 310 g/mol. The van der Waals surface area contributed by atoms with Gasteiger partial charge in [0.1, 0.15) is 18.0 Å². The molecule has 6 heteroatoms. The molecule has 0 radical (unpaired) electrons. The molecule has 0 fully saturated rings. The van der Waals surface area contributed by atoms with Crippen molar-refractivity contribution in [1.29, 1.82) is 0 Å². The highest BCUT2D eigenvalue weighted by molar-refractivity contribution is 5.76. The van der Waals surface area contributed by atoms with Crippen molar-refractivity contribution in [2.75, 3.05) is 0 Å². The van der Waals surface area contributed by atoms with Gasteiger partial charge in [-0.15, -0.1) is 0 Å². The van der Waals surface area contributed by atoms with E-state index in [9.17, 15) is 20.1 Å². The Morgan fingerprint density at radius 2 is 1.88 bits per heavy atom. The highest BCUT2D eigenvalue weighted by Gasteiger charge is 2.12. The Morgan fingerprint density at radius 1 is 1.17 bits per heavy atom. The number of aromatic hydroxyl groups is 3. The number of nitrogens with zero attached hydrogens (tertiary/aromatic N) is 1. The van der Waals surface area contributed by atoms with E-state index in [1.165, 1.54) is 13.1 Å². The second kappa shape index (κ2) is 8.01. The van der Waals surface area contributed by atoms with E-state index in [4.69, 9.17) is 4.74 Å². The van der Waals surface area contributed by atoms with Crippen LogP contribution in [0.1, 0.15) is 24.0 Å². The summed E-state index contributed by atoms with van der Waals surface area (Å²) in [6, 6.07) is 10.5. The molecule has 0 aliphatic carbocycles. The van der Waals surface area contributed by atoms with E-state index >= 15 is 0 Å². The van der Waals surface area contributed by atoms with Gasteiger partial charge in [-0.2, -0.15) is 0 Å². The summed E-state index contributed by atoms with van der Waals surface area (Å²) in [6.07, 6.45) is 1.93. The van der Waals surface area contributed by atoms with E-state index in [1.54, 1.807) is 0 Å². The number of hydrogen-bond donors (Lipinski definition) is 3. The van der Waals surface area contributed by atoms with Crippen LogP contribution in [0.25, 0.3) is 0 Å².